The second kappa shape index (κ2) is 3.84. The van der Waals surface area contributed by atoms with Gasteiger partial charge < -0.3 is 5.73 Å². The molecule has 0 aliphatic rings. The van der Waals surface area contributed by atoms with E-state index in [1.807, 2.05) is 12.1 Å². The van der Waals surface area contributed by atoms with Crippen LogP contribution in [-0.2, 0) is 0 Å². The van der Waals surface area contributed by atoms with Crippen LogP contribution in [0.3, 0.4) is 0 Å². The summed E-state index contributed by atoms with van der Waals surface area (Å²) in [7, 11) is 0. The Balaban J connectivity index is 2.47. The fraction of sp³-hybridized carbons (Fsp3) is 0. The van der Waals surface area contributed by atoms with Gasteiger partial charge in [-0.25, -0.2) is 0 Å². The lowest BCUT2D eigenvalue weighted by atomic mass is 10.2. The maximum absolute atomic E-state index is 5.87. The summed E-state index contributed by atoms with van der Waals surface area (Å²) in [4.78, 5) is 4.07. The number of anilines is 1. The standard InChI is InChI=1S/C8H5BrClN3S/c9-5-3-4(1-2-6(5)10)7-12-8(11)13-14-7/h1-3H,(H2,11,13). The molecular formula is C8H5BrClN3S. The molecule has 0 bridgehead atoms. The van der Waals surface area contributed by atoms with Crippen molar-refractivity contribution in [2.45, 2.75) is 0 Å². The third-order valence-corrected chi connectivity index (χ3v) is 3.60. The largest absolute Gasteiger partial charge is 0.367 e. The number of hydrogen-bond acceptors (Lipinski definition) is 4. The molecule has 0 amide bonds. The average Bonchev–Trinajstić information content (AvgIpc) is 2.57. The quantitative estimate of drug-likeness (QED) is 0.877. The molecule has 0 radical (unpaired) electrons. The molecule has 1 aromatic carbocycles. The number of hydrogen-bond donors (Lipinski definition) is 1. The molecule has 1 aromatic heterocycles. The first-order valence-electron chi connectivity index (χ1n) is 3.71. The van der Waals surface area contributed by atoms with Gasteiger partial charge in [0.1, 0.15) is 5.01 Å². The van der Waals surface area contributed by atoms with Crippen molar-refractivity contribution in [1.29, 1.82) is 0 Å². The summed E-state index contributed by atoms with van der Waals surface area (Å²) in [6.45, 7) is 0. The highest BCUT2D eigenvalue weighted by Gasteiger charge is 2.06. The number of nitrogen functional groups attached to an aromatic ring is 1. The fourth-order valence-electron chi connectivity index (χ4n) is 0.981. The molecule has 1 heterocycles. The van der Waals surface area contributed by atoms with E-state index >= 15 is 0 Å². The summed E-state index contributed by atoms with van der Waals surface area (Å²) >= 11 is 10.5. The maximum atomic E-state index is 5.87. The summed E-state index contributed by atoms with van der Waals surface area (Å²) in [6.07, 6.45) is 0. The third kappa shape index (κ3) is 1.89. The van der Waals surface area contributed by atoms with Crippen molar-refractivity contribution in [3.8, 4) is 10.6 Å². The number of nitrogens with zero attached hydrogens (tertiary/aromatic N) is 2. The van der Waals surface area contributed by atoms with Gasteiger partial charge in [0.05, 0.1) is 5.02 Å². The second-order valence-electron chi connectivity index (χ2n) is 2.59. The van der Waals surface area contributed by atoms with E-state index in [1.165, 1.54) is 11.5 Å². The van der Waals surface area contributed by atoms with Crippen LogP contribution >= 0.6 is 39.1 Å². The molecule has 0 aliphatic heterocycles. The van der Waals surface area contributed by atoms with Crippen LogP contribution in [0.1, 0.15) is 0 Å². The molecule has 14 heavy (non-hydrogen) atoms. The number of nitrogens with two attached hydrogens (primary N) is 1. The number of rotatable bonds is 1. The van der Waals surface area contributed by atoms with Gasteiger partial charge in [-0.2, -0.15) is 9.36 Å². The second-order valence-corrected chi connectivity index (χ2v) is 4.60. The van der Waals surface area contributed by atoms with Crippen molar-refractivity contribution in [3.63, 3.8) is 0 Å². The van der Waals surface area contributed by atoms with E-state index in [-0.39, 0.29) is 0 Å². The van der Waals surface area contributed by atoms with Crippen molar-refractivity contribution >= 4 is 45.0 Å². The van der Waals surface area contributed by atoms with Crippen LogP contribution < -0.4 is 5.73 Å². The molecule has 0 aliphatic carbocycles. The first-order chi connectivity index (χ1) is 6.66. The van der Waals surface area contributed by atoms with E-state index in [9.17, 15) is 0 Å². The minimum atomic E-state index is 0.302. The van der Waals surface area contributed by atoms with E-state index in [4.69, 9.17) is 17.3 Å². The molecule has 0 saturated heterocycles. The molecule has 3 nitrogen and oxygen atoms in total. The van der Waals surface area contributed by atoms with Crippen molar-refractivity contribution < 1.29 is 0 Å². The average molecular weight is 291 g/mol. The van der Waals surface area contributed by atoms with Gasteiger partial charge in [-0.15, -0.1) is 0 Å². The van der Waals surface area contributed by atoms with Crippen molar-refractivity contribution in [1.82, 2.24) is 9.36 Å². The van der Waals surface area contributed by atoms with Crippen LogP contribution in [0.5, 0.6) is 0 Å². The number of benzene rings is 1. The summed E-state index contributed by atoms with van der Waals surface area (Å²) in [6, 6.07) is 5.58. The Labute approximate surface area is 98.2 Å². The smallest absolute Gasteiger partial charge is 0.232 e. The Morgan fingerprint density at radius 3 is 2.79 bits per heavy atom. The van der Waals surface area contributed by atoms with Gasteiger partial charge in [-0.3, -0.25) is 0 Å². The van der Waals surface area contributed by atoms with Gasteiger partial charge in [-0.05, 0) is 39.6 Å². The Bertz CT molecular complexity index is 471. The zero-order chi connectivity index (χ0) is 10.1. The van der Waals surface area contributed by atoms with Gasteiger partial charge in [0, 0.05) is 10.0 Å². The minimum Gasteiger partial charge on any atom is -0.367 e. The lowest BCUT2D eigenvalue weighted by Crippen LogP contribution is -1.85. The van der Waals surface area contributed by atoms with Crippen LogP contribution in [0.2, 0.25) is 5.02 Å². The summed E-state index contributed by atoms with van der Waals surface area (Å²) in [5.74, 6) is 0.302. The van der Waals surface area contributed by atoms with Crippen LogP contribution in [0.25, 0.3) is 10.6 Å². The van der Waals surface area contributed by atoms with Gasteiger partial charge in [-0.1, -0.05) is 17.7 Å². The molecule has 0 saturated carbocycles. The lowest BCUT2D eigenvalue weighted by Gasteiger charge is -1.98. The van der Waals surface area contributed by atoms with Crippen molar-refractivity contribution in [2.24, 2.45) is 0 Å². The molecule has 2 aromatic rings. The van der Waals surface area contributed by atoms with Crippen LogP contribution in [0.15, 0.2) is 22.7 Å². The van der Waals surface area contributed by atoms with E-state index in [0.29, 0.717) is 11.0 Å². The monoisotopic (exact) mass is 289 g/mol. The molecule has 0 unspecified atom stereocenters. The fourth-order valence-corrected chi connectivity index (χ4v) is 2.07. The summed E-state index contributed by atoms with van der Waals surface area (Å²) < 4.78 is 4.74. The van der Waals surface area contributed by atoms with E-state index in [0.717, 1.165) is 15.0 Å². The Morgan fingerprint density at radius 1 is 1.43 bits per heavy atom. The van der Waals surface area contributed by atoms with E-state index < -0.39 is 0 Å². The first kappa shape index (κ1) is 9.89. The molecule has 2 rings (SSSR count). The highest BCUT2D eigenvalue weighted by molar-refractivity contribution is 9.10. The molecule has 0 atom stereocenters. The first-order valence-corrected chi connectivity index (χ1v) is 5.66. The Kier molecular flexibility index (Phi) is 2.71. The summed E-state index contributed by atoms with van der Waals surface area (Å²) in [5, 5.41) is 1.46. The molecule has 72 valence electrons. The highest BCUT2D eigenvalue weighted by atomic mass is 79.9. The van der Waals surface area contributed by atoms with Crippen molar-refractivity contribution in [3.05, 3.63) is 27.7 Å². The van der Waals surface area contributed by atoms with Gasteiger partial charge in [0.25, 0.3) is 0 Å². The zero-order valence-corrected chi connectivity index (χ0v) is 10.0. The van der Waals surface area contributed by atoms with Crippen LogP contribution in [0.4, 0.5) is 5.95 Å². The number of halogens is 2. The maximum Gasteiger partial charge on any atom is 0.232 e. The minimum absolute atomic E-state index is 0.302. The molecule has 2 N–H and O–H groups in total. The SMILES string of the molecule is Nc1nsc(-c2ccc(Cl)c(Br)c2)n1. The van der Waals surface area contributed by atoms with Gasteiger partial charge >= 0.3 is 0 Å². The molecule has 0 fully saturated rings. The highest BCUT2D eigenvalue weighted by Crippen LogP contribution is 2.29. The third-order valence-electron chi connectivity index (χ3n) is 1.61. The van der Waals surface area contributed by atoms with Crippen LogP contribution in [0, 0.1) is 0 Å². The Morgan fingerprint density at radius 2 is 2.21 bits per heavy atom. The van der Waals surface area contributed by atoms with Crippen LogP contribution in [-0.4, -0.2) is 9.36 Å². The molecule has 0 spiro atoms. The topological polar surface area (TPSA) is 51.8 Å². The summed E-state index contributed by atoms with van der Waals surface area (Å²) in [5.41, 5.74) is 6.39. The molecular weight excluding hydrogens is 286 g/mol. The predicted molar refractivity (Wildman–Crippen MR) is 62.5 cm³/mol. The molecule has 6 heteroatoms. The van der Waals surface area contributed by atoms with E-state index in [1.54, 1.807) is 6.07 Å². The van der Waals surface area contributed by atoms with Gasteiger partial charge in [0.2, 0.25) is 5.95 Å². The zero-order valence-electron chi connectivity index (χ0n) is 6.87. The van der Waals surface area contributed by atoms with E-state index in [2.05, 4.69) is 25.3 Å². The predicted octanol–water partition coefficient (Wildman–Crippen LogP) is 3.20. The number of aromatic nitrogens is 2. The normalized spacial score (nSPS) is 10.4. The van der Waals surface area contributed by atoms with Crippen molar-refractivity contribution in [2.75, 3.05) is 5.73 Å². The van der Waals surface area contributed by atoms with Gasteiger partial charge in [0.15, 0.2) is 0 Å². The lowest BCUT2D eigenvalue weighted by molar-refractivity contribution is 1.34. The Hall–Kier alpha value is -0.650.